The lowest BCUT2D eigenvalue weighted by Gasteiger charge is -2.07. The van der Waals surface area contributed by atoms with Crippen molar-refractivity contribution < 1.29 is 26.5 Å². The van der Waals surface area contributed by atoms with Crippen molar-refractivity contribution in [1.82, 2.24) is 9.13 Å². The number of aryl methyl sites for hydroxylation is 2. The van der Waals surface area contributed by atoms with Gasteiger partial charge in [-0.25, -0.2) is 4.57 Å². The van der Waals surface area contributed by atoms with E-state index in [1.807, 2.05) is 26.0 Å². The first-order valence-corrected chi connectivity index (χ1v) is 7.10. The molecule has 7 heteroatoms. The quantitative estimate of drug-likeness (QED) is 0.591. The van der Waals surface area contributed by atoms with Crippen LogP contribution in [0.4, 0.5) is 5.95 Å². The number of carbonyl (C=O) groups excluding carboxylic acids is 1. The summed E-state index contributed by atoms with van der Waals surface area (Å²) in [5.41, 5.74) is 9.05. The molecule has 2 N–H and O–H groups in total. The number of aromatic nitrogens is 2. The number of esters is 1. The standard InChI is InChI=1S/C15H19ClN3O2.BrH/c1-4-21-13(20)9-18-5-6-19(15(18)17)14-11(3)7-10(2)8-12(14)16;/h5-8H,4,9,17H2,1-3H3;1H/q+1;/p-1. The van der Waals surface area contributed by atoms with Crippen LogP contribution in [-0.4, -0.2) is 21.7 Å². The van der Waals surface area contributed by atoms with Gasteiger partial charge in [0.25, 0.3) is 5.95 Å². The minimum atomic E-state index is -0.321. The molecule has 1 heterocycles. The van der Waals surface area contributed by atoms with E-state index in [1.54, 1.807) is 28.5 Å². The van der Waals surface area contributed by atoms with E-state index in [-0.39, 0.29) is 29.5 Å². The number of rotatable bonds is 4. The van der Waals surface area contributed by atoms with Crippen molar-refractivity contribution >= 4 is 23.5 Å². The fourth-order valence-corrected chi connectivity index (χ4v) is 2.73. The lowest BCUT2D eigenvalue weighted by molar-refractivity contribution is -0.143. The second-order valence-electron chi connectivity index (χ2n) is 4.87. The summed E-state index contributed by atoms with van der Waals surface area (Å²) in [4.78, 5) is 11.6. The number of nitrogens with zero attached hydrogens (tertiary/aromatic N) is 2. The van der Waals surface area contributed by atoms with E-state index in [2.05, 4.69) is 0 Å². The molecule has 0 saturated heterocycles. The van der Waals surface area contributed by atoms with E-state index >= 15 is 0 Å². The van der Waals surface area contributed by atoms with Gasteiger partial charge in [-0.05, 0) is 38.5 Å². The van der Waals surface area contributed by atoms with Crippen LogP contribution in [-0.2, 0) is 16.1 Å². The van der Waals surface area contributed by atoms with Gasteiger partial charge in [-0.3, -0.25) is 4.79 Å². The van der Waals surface area contributed by atoms with Gasteiger partial charge in [-0.2, -0.15) is 4.57 Å². The van der Waals surface area contributed by atoms with E-state index in [1.165, 1.54) is 0 Å². The highest BCUT2D eigenvalue weighted by atomic mass is 79.9. The summed E-state index contributed by atoms with van der Waals surface area (Å²) in [6.07, 6.45) is 3.53. The molecular formula is C15H19BrClN3O2. The molecule has 0 bridgehead atoms. The van der Waals surface area contributed by atoms with Crippen LogP contribution in [0.2, 0.25) is 5.02 Å². The van der Waals surface area contributed by atoms with Crippen molar-refractivity contribution in [2.75, 3.05) is 12.3 Å². The van der Waals surface area contributed by atoms with Crippen molar-refractivity contribution in [2.24, 2.45) is 0 Å². The SMILES string of the molecule is CCOC(=O)Cn1ccn(-c2c(C)cc(C)cc2Cl)[c+]1N.[Br-]. The predicted molar refractivity (Wildman–Crippen MR) is 83.7 cm³/mol. The molecule has 0 amide bonds. The van der Waals surface area contributed by atoms with Crippen molar-refractivity contribution in [3.05, 3.63) is 40.7 Å². The maximum atomic E-state index is 11.6. The maximum absolute atomic E-state index is 11.6. The molecule has 0 spiro atoms. The van der Waals surface area contributed by atoms with E-state index in [0.717, 1.165) is 16.8 Å². The van der Waals surface area contributed by atoms with Crippen LogP contribution in [0.15, 0.2) is 24.5 Å². The Hall–Kier alpha value is -1.53. The second-order valence-corrected chi connectivity index (χ2v) is 5.28. The third-order valence-corrected chi connectivity index (χ3v) is 3.47. The van der Waals surface area contributed by atoms with Gasteiger partial charge in [0.2, 0.25) is 0 Å². The summed E-state index contributed by atoms with van der Waals surface area (Å²) >= 11 is 6.33. The van der Waals surface area contributed by atoms with Gasteiger partial charge < -0.3 is 27.5 Å². The Labute approximate surface area is 145 Å². The van der Waals surface area contributed by atoms with Gasteiger partial charge in [0.05, 0.1) is 6.61 Å². The van der Waals surface area contributed by atoms with Gasteiger partial charge in [0, 0.05) is 5.56 Å². The highest BCUT2D eigenvalue weighted by molar-refractivity contribution is 6.32. The van der Waals surface area contributed by atoms with Crippen LogP contribution in [0, 0.1) is 13.8 Å². The minimum Gasteiger partial charge on any atom is -1.00 e. The molecule has 2 rings (SSSR count). The van der Waals surface area contributed by atoms with Crippen molar-refractivity contribution in [2.45, 2.75) is 27.3 Å². The van der Waals surface area contributed by atoms with Crippen molar-refractivity contribution in [3.63, 3.8) is 0 Å². The molecule has 1 aromatic heterocycles. The largest absolute Gasteiger partial charge is 1.00 e. The number of imidazole rings is 1. The number of anilines is 1. The number of hydrogen-bond donors (Lipinski definition) is 1. The van der Waals surface area contributed by atoms with Crippen LogP contribution in [0.3, 0.4) is 0 Å². The molecule has 0 unspecified atom stereocenters. The number of hydrogen-bond acceptors (Lipinski definition) is 3. The van der Waals surface area contributed by atoms with E-state index in [9.17, 15) is 4.79 Å². The normalized spacial score (nSPS) is 10.2. The van der Waals surface area contributed by atoms with Gasteiger partial charge >= 0.3 is 5.97 Å². The Morgan fingerprint density at radius 3 is 2.64 bits per heavy atom. The molecule has 1 aromatic carbocycles. The molecule has 0 aliphatic heterocycles. The highest BCUT2D eigenvalue weighted by Crippen LogP contribution is 2.28. The molecule has 5 nitrogen and oxygen atoms in total. The zero-order valence-corrected chi connectivity index (χ0v) is 15.1. The Kier molecular flexibility index (Phi) is 6.44. The fraction of sp³-hybridized carbons (Fsp3) is 0.333. The summed E-state index contributed by atoms with van der Waals surface area (Å²) in [6.45, 7) is 6.16. The number of nitrogen functional groups attached to an aromatic ring is 1. The van der Waals surface area contributed by atoms with E-state index in [0.29, 0.717) is 17.6 Å². The smallest absolute Gasteiger partial charge is 0.328 e. The van der Waals surface area contributed by atoms with E-state index in [4.69, 9.17) is 22.1 Å². The zero-order valence-electron chi connectivity index (χ0n) is 12.8. The Balaban J connectivity index is 0.00000242. The number of halogens is 2. The van der Waals surface area contributed by atoms with Gasteiger partial charge in [0.1, 0.15) is 24.0 Å². The molecule has 0 saturated carbocycles. The number of benzene rings is 1. The Morgan fingerprint density at radius 1 is 1.36 bits per heavy atom. The van der Waals surface area contributed by atoms with Crippen molar-refractivity contribution in [3.8, 4) is 5.69 Å². The van der Waals surface area contributed by atoms with Gasteiger partial charge in [0.15, 0.2) is 5.69 Å². The Bertz CT molecular complexity index is 662. The molecule has 0 fully saturated rings. The maximum Gasteiger partial charge on any atom is 0.328 e. The molecule has 0 radical (unpaired) electrons. The first-order valence-electron chi connectivity index (χ1n) is 6.73. The zero-order chi connectivity index (χ0) is 15.6. The highest BCUT2D eigenvalue weighted by Gasteiger charge is 2.20. The third-order valence-electron chi connectivity index (χ3n) is 3.18. The summed E-state index contributed by atoms with van der Waals surface area (Å²) in [7, 11) is 0. The molecule has 2 aromatic rings. The van der Waals surface area contributed by atoms with E-state index < -0.39 is 0 Å². The number of carbonyl (C=O) groups is 1. The minimum absolute atomic E-state index is 0. The van der Waals surface area contributed by atoms with Crippen LogP contribution < -0.4 is 22.7 Å². The average Bonchev–Trinajstić information content (AvgIpc) is 2.71. The van der Waals surface area contributed by atoms with Gasteiger partial charge in [-0.15, -0.1) is 0 Å². The first-order chi connectivity index (χ1) is 9.93. The molecule has 0 aliphatic carbocycles. The third kappa shape index (κ3) is 3.81. The molecule has 0 aliphatic rings. The predicted octanol–water partition coefficient (Wildman–Crippen LogP) is -0.0206. The number of ether oxygens (including phenoxy) is 1. The second kappa shape index (κ2) is 7.65. The monoisotopic (exact) mass is 387 g/mol. The number of nitrogens with two attached hydrogens (primary N) is 1. The molecule has 120 valence electrons. The fourth-order valence-electron chi connectivity index (χ4n) is 2.32. The van der Waals surface area contributed by atoms with Crippen LogP contribution in [0.5, 0.6) is 0 Å². The summed E-state index contributed by atoms with van der Waals surface area (Å²) in [5.74, 6) is 0.107. The van der Waals surface area contributed by atoms with Gasteiger partial charge in [-0.1, -0.05) is 11.6 Å². The summed E-state index contributed by atoms with van der Waals surface area (Å²) < 4.78 is 8.34. The van der Waals surface area contributed by atoms with Crippen molar-refractivity contribution in [1.29, 1.82) is 0 Å². The lowest BCUT2D eigenvalue weighted by Crippen LogP contribution is -3.00. The van der Waals surface area contributed by atoms with Crippen LogP contribution in [0.1, 0.15) is 18.1 Å². The topological polar surface area (TPSA) is 62.2 Å². The molecule has 0 atom stereocenters. The average molecular weight is 389 g/mol. The first kappa shape index (κ1) is 18.5. The van der Waals surface area contributed by atoms with Crippen LogP contribution >= 0.6 is 11.6 Å². The summed E-state index contributed by atoms with van der Waals surface area (Å²) in [6, 6.07) is 3.93. The summed E-state index contributed by atoms with van der Waals surface area (Å²) in [5, 5.41) is 0.623. The molecular weight excluding hydrogens is 370 g/mol. The lowest BCUT2D eigenvalue weighted by atomic mass is 10.1. The molecule has 22 heavy (non-hydrogen) atoms. The van der Waals surface area contributed by atoms with Crippen LogP contribution in [0.25, 0.3) is 5.69 Å². The Morgan fingerprint density at radius 2 is 2.05 bits per heavy atom.